The molecule has 0 saturated carbocycles. The number of benzene rings is 2. The van der Waals surface area contributed by atoms with Crippen molar-refractivity contribution in [3.8, 4) is 0 Å². The van der Waals surface area contributed by atoms with Gasteiger partial charge >= 0.3 is 5.97 Å². The van der Waals surface area contributed by atoms with Crippen LogP contribution in [0, 0.1) is 5.82 Å². The Labute approximate surface area is 154 Å². The van der Waals surface area contributed by atoms with Crippen molar-refractivity contribution in [2.75, 3.05) is 12.0 Å². The van der Waals surface area contributed by atoms with Gasteiger partial charge < -0.3 is 9.64 Å². The summed E-state index contributed by atoms with van der Waals surface area (Å²) in [7, 11) is 1.30. The molecule has 0 aliphatic rings. The second-order valence-corrected chi connectivity index (χ2v) is 6.55. The lowest BCUT2D eigenvalue weighted by atomic mass is 10.1. The maximum Gasteiger partial charge on any atom is 0.337 e. The number of methoxy groups -OCH3 is 1. The highest BCUT2D eigenvalue weighted by molar-refractivity contribution is 7.09. The molecule has 3 rings (SSSR count). The van der Waals surface area contributed by atoms with Gasteiger partial charge in [-0.25, -0.2) is 9.18 Å². The van der Waals surface area contributed by atoms with Crippen LogP contribution in [0.4, 0.5) is 10.1 Å². The summed E-state index contributed by atoms with van der Waals surface area (Å²) < 4.78 is 17.9. The molecule has 0 spiro atoms. The van der Waals surface area contributed by atoms with E-state index in [1.54, 1.807) is 52.6 Å². The minimum atomic E-state index is -0.460. The summed E-state index contributed by atoms with van der Waals surface area (Å²) in [4.78, 5) is 27.2. The molecule has 26 heavy (non-hydrogen) atoms. The molecule has 132 valence electrons. The Hall–Kier alpha value is -2.99. The Morgan fingerprint density at radius 3 is 2.23 bits per heavy atom. The van der Waals surface area contributed by atoms with Crippen molar-refractivity contribution in [3.05, 3.63) is 87.9 Å². The van der Waals surface area contributed by atoms with Crippen molar-refractivity contribution in [2.45, 2.75) is 6.54 Å². The van der Waals surface area contributed by atoms with Gasteiger partial charge in [0, 0.05) is 16.1 Å². The molecule has 2 aromatic carbocycles. The molecular formula is C20H16FNO3S. The van der Waals surface area contributed by atoms with Crippen LogP contribution in [-0.2, 0) is 11.3 Å². The van der Waals surface area contributed by atoms with E-state index in [1.165, 1.54) is 19.2 Å². The van der Waals surface area contributed by atoms with Crippen LogP contribution in [0.5, 0.6) is 0 Å². The summed E-state index contributed by atoms with van der Waals surface area (Å²) in [5.41, 5.74) is 1.40. The first-order chi connectivity index (χ1) is 12.6. The molecule has 0 unspecified atom stereocenters. The molecule has 1 amide bonds. The van der Waals surface area contributed by atoms with Crippen LogP contribution in [0.3, 0.4) is 0 Å². The molecular weight excluding hydrogens is 353 g/mol. The molecule has 1 heterocycles. The average molecular weight is 369 g/mol. The van der Waals surface area contributed by atoms with Gasteiger partial charge in [-0.2, -0.15) is 0 Å². The van der Waals surface area contributed by atoms with Gasteiger partial charge in [-0.15, -0.1) is 11.3 Å². The molecule has 6 heteroatoms. The van der Waals surface area contributed by atoms with Crippen molar-refractivity contribution >= 4 is 28.9 Å². The fraction of sp³-hybridized carbons (Fsp3) is 0.100. The van der Waals surface area contributed by atoms with Gasteiger partial charge in [-0.3, -0.25) is 4.79 Å². The van der Waals surface area contributed by atoms with Crippen LogP contribution >= 0.6 is 11.3 Å². The van der Waals surface area contributed by atoms with Gasteiger partial charge in [0.15, 0.2) is 0 Å². The summed E-state index contributed by atoms with van der Waals surface area (Å²) in [5.74, 6) is -1.06. The van der Waals surface area contributed by atoms with E-state index in [1.807, 2.05) is 17.5 Å². The molecule has 4 nitrogen and oxygen atoms in total. The predicted molar refractivity (Wildman–Crippen MR) is 99.0 cm³/mol. The van der Waals surface area contributed by atoms with E-state index in [0.717, 1.165) is 4.88 Å². The Balaban J connectivity index is 1.91. The quantitative estimate of drug-likeness (QED) is 0.621. The van der Waals surface area contributed by atoms with Crippen LogP contribution in [0.15, 0.2) is 66.0 Å². The fourth-order valence-electron chi connectivity index (χ4n) is 2.48. The number of anilines is 1. The van der Waals surface area contributed by atoms with Gasteiger partial charge in [0.05, 0.1) is 19.2 Å². The Morgan fingerprint density at radius 2 is 1.65 bits per heavy atom. The maximum absolute atomic E-state index is 13.3. The van der Waals surface area contributed by atoms with Crippen LogP contribution in [0.2, 0.25) is 0 Å². The van der Waals surface area contributed by atoms with Crippen LogP contribution in [0.1, 0.15) is 25.6 Å². The summed E-state index contributed by atoms with van der Waals surface area (Å²) in [5, 5.41) is 1.94. The van der Waals surface area contributed by atoms with Gasteiger partial charge in [0.2, 0.25) is 0 Å². The lowest BCUT2D eigenvalue weighted by Gasteiger charge is -2.22. The van der Waals surface area contributed by atoms with Gasteiger partial charge in [-0.05, 0) is 60.0 Å². The Morgan fingerprint density at radius 1 is 1.00 bits per heavy atom. The highest BCUT2D eigenvalue weighted by atomic mass is 32.1. The number of rotatable bonds is 5. The number of carbonyl (C=O) groups is 2. The molecule has 0 atom stereocenters. The molecule has 0 aliphatic carbocycles. The first kappa shape index (κ1) is 17.8. The minimum absolute atomic E-state index is 0.235. The highest BCUT2D eigenvalue weighted by Crippen LogP contribution is 2.23. The molecule has 0 N–H and O–H groups in total. The topological polar surface area (TPSA) is 46.6 Å². The smallest absolute Gasteiger partial charge is 0.337 e. The van der Waals surface area contributed by atoms with Crippen molar-refractivity contribution in [2.24, 2.45) is 0 Å². The number of carbonyl (C=O) groups excluding carboxylic acids is 2. The second-order valence-electron chi connectivity index (χ2n) is 5.52. The maximum atomic E-state index is 13.3. The molecule has 0 saturated heterocycles. The van der Waals surface area contributed by atoms with E-state index in [-0.39, 0.29) is 11.7 Å². The minimum Gasteiger partial charge on any atom is -0.465 e. The summed E-state index contributed by atoms with van der Waals surface area (Å²) in [6.45, 7) is 0.376. The SMILES string of the molecule is COC(=O)c1ccc(C(=O)N(Cc2cccs2)c2ccc(F)cc2)cc1. The van der Waals surface area contributed by atoms with Gasteiger partial charge in [0.1, 0.15) is 5.82 Å². The van der Waals surface area contributed by atoms with Crippen molar-refractivity contribution in [1.82, 2.24) is 0 Å². The van der Waals surface area contributed by atoms with E-state index < -0.39 is 5.97 Å². The zero-order valence-corrected chi connectivity index (χ0v) is 14.8. The van der Waals surface area contributed by atoms with Crippen LogP contribution in [-0.4, -0.2) is 19.0 Å². The van der Waals surface area contributed by atoms with E-state index in [4.69, 9.17) is 0 Å². The summed E-state index contributed by atoms with van der Waals surface area (Å²) in [6.07, 6.45) is 0. The first-order valence-corrected chi connectivity index (χ1v) is 8.74. The van der Waals surface area contributed by atoms with Gasteiger partial charge in [0.25, 0.3) is 5.91 Å². The normalized spacial score (nSPS) is 10.4. The van der Waals surface area contributed by atoms with E-state index in [2.05, 4.69) is 4.74 Å². The average Bonchev–Trinajstić information content (AvgIpc) is 3.19. The Kier molecular flexibility index (Phi) is 5.43. The number of ether oxygens (including phenoxy) is 1. The number of amides is 1. The molecule has 0 radical (unpaired) electrons. The zero-order valence-electron chi connectivity index (χ0n) is 14.0. The number of esters is 1. The van der Waals surface area contributed by atoms with E-state index in [0.29, 0.717) is 23.4 Å². The first-order valence-electron chi connectivity index (χ1n) is 7.86. The fourth-order valence-corrected chi connectivity index (χ4v) is 3.18. The van der Waals surface area contributed by atoms with Crippen LogP contribution < -0.4 is 4.90 Å². The second kappa shape index (κ2) is 7.93. The lowest BCUT2D eigenvalue weighted by Crippen LogP contribution is -2.30. The lowest BCUT2D eigenvalue weighted by molar-refractivity contribution is 0.0600. The molecule has 1 aromatic heterocycles. The van der Waals surface area contributed by atoms with E-state index in [9.17, 15) is 14.0 Å². The molecule has 0 fully saturated rings. The Bertz CT molecular complexity index is 890. The highest BCUT2D eigenvalue weighted by Gasteiger charge is 2.19. The summed E-state index contributed by atoms with van der Waals surface area (Å²) >= 11 is 1.54. The third kappa shape index (κ3) is 3.97. The zero-order chi connectivity index (χ0) is 18.5. The van der Waals surface area contributed by atoms with Crippen molar-refractivity contribution in [3.63, 3.8) is 0 Å². The largest absolute Gasteiger partial charge is 0.465 e. The third-order valence-electron chi connectivity index (χ3n) is 3.83. The van der Waals surface area contributed by atoms with Gasteiger partial charge in [-0.1, -0.05) is 6.07 Å². The number of thiophene rings is 1. The number of hydrogen-bond acceptors (Lipinski definition) is 4. The molecule has 3 aromatic rings. The van der Waals surface area contributed by atoms with Crippen molar-refractivity contribution in [1.29, 1.82) is 0 Å². The number of halogens is 1. The monoisotopic (exact) mass is 369 g/mol. The predicted octanol–water partition coefficient (Wildman–Crippen LogP) is 4.52. The van der Waals surface area contributed by atoms with E-state index >= 15 is 0 Å². The van der Waals surface area contributed by atoms with Crippen LogP contribution in [0.25, 0.3) is 0 Å². The standard InChI is InChI=1S/C20H16FNO3S/c1-25-20(24)15-6-4-14(5-7-15)19(23)22(13-18-3-2-12-26-18)17-10-8-16(21)9-11-17/h2-12H,13H2,1H3. The summed E-state index contributed by atoms with van der Waals surface area (Å²) in [6, 6.07) is 15.9. The number of hydrogen-bond donors (Lipinski definition) is 0. The third-order valence-corrected chi connectivity index (χ3v) is 4.69. The van der Waals surface area contributed by atoms with Crippen molar-refractivity contribution < 1.29 is 18.7 Å². The number of nitrogens with zero attached hydrogens (tertiary/aromatic N) is 1. The molecule has 0 aliphatic heterocycles. The molecule has 0 bridgehead atoms.